The smallest absolute Gasteiger partial charge is 0.326 e. The van der Waals surface area contributed by atoms with Gasteiger partial charge in [-0.05, 0) is 54.2 Å². The summed E-state index contributed by atoms with van der Waals surface area (Å²) in [6.45, 7) is 1.80. The Bertz CT molecular complexity index is 782. The van der Waals surface area contributed by atoms with E-state index < -0.39 is 17.9 Å². The number of nitrogens with one attached hydrogen (secondary N) is 1. The maximum Gasteiger partial charge on any atom is 0.326 e. The number of carbonyl (C=O) groups is 2. The first-order valence-corrected chi connectivity index (χ1v) is 8.10. The van der Waals surface area contributed by atoms with Crippen LogP contribution in [-0.2, 0) is 9.59 Å². The Morgan fingerprint density at radius 1 is 1.17 bits per heavy atom. The van der Waals surface area contributed by atoms with Crippen LogP contribution < -0.4 is 10.1 Å². The topological polar surface area (TPSA) is 75.6 Å². The Labute approximate surface area is 140 Å². The van der Waals surface area contributed by atoms with Gasteiger partial charge < -0.3 is 15.2 Å². The van der Waals surface area contributed by atoms with Crippen molar-refractivity contribution in [2.75, 3.05) is 7.11 Å². The van der Waals surface area contributed by atoms with E-state index in [1.807, 2.05) is 36.4 Å². The number of carboxylic acid groups (broad SMARTS) is 1. The van der Waals surface area contributed by atoms with Gasteiger partial charge in [0.15, 0.2) is 0 Å². The molecule has 0 radical (unpaired) electrons. The van der Waals surface area contributed by atoms with Crippen LogP contribution >= 0.6 is 0 Å². The molecular formula is C19H21NO4. The Hall–Kier alpha value is -2.56. The number of methoxy groups -OCH3 is 1. The minimum absolute atomic E-state index is 0.0720. The number of ether oxygens (including phenoxy) is 1. The van der Waals surface area contributed by atoms with E-state index in [1.165, 1.54) is 0 Å². The highest BCUT2D eigenvalue weighted by Crippen LogP contribution is 2.33. The van der Waals surface area contributed by atoms with E-state index >= 15 is 0 Å². The maximum atomic E-state index is 12.4. The predicted molar refractivity (Wildman–Crippen MR) is 91.2 cm³/mol. The van der Waals surface area contributed by atoms with Crippen molar-refractivity contribution in [1.29, 1.82) is 0 Å². The number of fused-ring (bicyclic) bond motifs is 1. The second-order valence-electron chi connectivity index (χ2n) is 6.36. The molecule has 0 aliphatic heterocycles. The van der Waals surface area contributed by atoms with Crippen molar-refractivity contribution in [1.82, 2.24) is 5.32 Å². The summed E-state index contributed by atoms with van der Waals surface area (Å²) in [5.74, 6) is -0.750. The van der Waals surface area contributed by atoms with Crippen molar-refractivity contribution in [3.05, 3.63) is 42.0 Å². The number of hydrogen-bond donors (Lipinski definition) is 2. The summed E-state index contributed by atoms with van der Waals surface area (Å²) in [6, 6.07) is 10.8. The molecule has 5 nitrogen and oxygen atoms in total. The molecule has 126 valence electrons. The minimum atomic E-state index is -0.955. The first-order chi connectivity index (χ1) is 11.5. The molecule has 5 heteroatoms. The first-order valence-electron chi connectivity index (χ1n) is 8.10. The van der Waals surface area contributed by atoms with Crippen molar-refractivity contribution in [2.45, 2.75) is 31.7 Å². The van der Waals surface area contributed by atoms with Gasteiger partial charge in [0.1, 0.15) is 11.8 Å². The van der Waals surface area contributed by atoms with E-state index in [2.05, 4.69) is 5.32 Å². The van der Waals surface area contributed by atoms with Gasteiger partial charge in [-0.2, -0.15) is 0 Å². The van der Waals surface area contributed by atoms with E-state index in [0.717, 1.165) is 34.9 Å². The third kappa shape index (κ3) is 3.35. The lowest BCUT2D eigenvalue weighted by Gasteiger charge is -2.18. The van der Waals surface area contributed by atoms with Crippen LogP contribution in [0.5, 0.6) is 5.75 Å². The average Bonchev–Trinajstić information content (AvgIpc) is 3.42. The zero-order valence-corrected chi connectivity index (χ0v) is 13.8. The fourth-order valence-corrected chi connectivity index (χ4v) is 2.88. The third-order valence-electron chi connectivity index (χ3n) is 4.62. The van der Waals surface area contributed by atoms with Gasteiger partial charge in [0.2, 0.25) is 5.91 Å². The molecule has 2 aromatic carbocycles. The summed E-state index contributed by atoms with van der Waals surface area (Å²) >= 11 is 0. The lowest BCUT2D eigenvalue weighted by atomic mass is 9.96. The van der Waals surface area contributed by atoms with E-state index in [0.29, 0.717) is 0 Å². The fourth-order valence-electron chi connectivity index (χ4n) is 2.88. The molecule has 0 aromatic heterocycles. The van der Waals surface area contributed by atoms with Gasteiger partial charge in [-0.15, -0.1) is 0 Å². The van der Waals surface area contributed by atoms with Crippen molar-refractivity contribution in [3.63, 3.8) is 0 Å². The molecule has 3 rings (SSSR count). The number of carboxylic acids is 1. The molecule has 1 saturated carbocycles. The fraction of sp³-hybridized carbons (Fsp3) is 0.368. The highest BCUT2D eigenvalue weighted by atomic mass is 16.5. The molecule has 24 heavy (non-hydrogen) atoms. The van der Waals surface area contributed by atoms with Crippen molar-refractivity contribution >= 4 is 22.6 Å². The number of hydrogen-bond acceptors (Lipinski definition) is 3. The molecule has 1 aliphatic rings. The number of rotatable bonds is 6. The van der Waals surface area contributed by atoms with Crippen LogP contribution in [0.3, 0.4) is 0 Å². The molecule has 0 heterocycles. The first kappa shape index (κ1) is 16.3. The molecule has 2 atom stereocenters. The summed E-state index contributed by atoms with van der Waals surface area (Å²) in [5, 5.41) is 14.0. The molecule has 1 aliphatic carbocycles. The summed E-state index contributed by atoms with van der Waals surface area (Å²) < 4.78 is 5.21. The van der Waals surface area contributed by atoms with Crippen molar-refractivity contribution < 1.29 is 19.4 Å². The Kier molecular flexibility index (Phi) is 4.42. The monoisotopic (exact) mass is 327 g/mol. The second kappa shape index (κ2) is 6.51. The molecular weight excluding hydrogens is 306 g/mol. The van der Waals surface area contributed by atoms with Gasteiger partial charge in [0.05, 0.1) is 13.0 Å². The summed E-state index contributed by atoms with van der Waals surface area (Å²) in [7, 11) is 1.63. The second-order valence-corrected chi connectivity index (χ2v) is 6.36. The highest BCUT2D eigenvalue weighted by molar-refractivity contribution is 5.90. The van der Waals surface area contributed by atoms with Crippen LogP contribution in [0.25, 0.3) is 10.8 Å². The van der Waals surface area contributed by atoms with Crippen LogP contribution in [0, 0.1) is 5.92 Å². The Morgan fingerprint density at radius 3 is 2.46 bits per heavy atom. The molecule has 2 N–H and O–H groups in total. The van der Waals surface area contributed by atoms with Crippen LogP contribution in [0.15, 0.2) is 36.4 Å². The molecule has 0 saturated heterocycles. The van der Waals surface area contributed by atoms with E-state index in [-0.39, 0.29) is 11.8 Å². The predicted octanol–water partition coefficient (Wildman–Crippen LogP) is 2.93. The number of benzene rings is 2. The number of carbonyl (C=O) groups excluding carboxylic acids is 1. The van der Waals surface area contributed by atoms with Gasteiger partial charge in [-0.25, -0.2) is 4.79 Å². The minimum Gasteiger partial charge on any atom is -0.497 e. The summed E-state index contributed by atoms with van der Waals surface area (Å²) in [4.78, 5) is 23.7. The Balaban J connectivity index is 1.78. The number of aliphatic carboxylic acids is 1. The SMILES string of the molecule is COc1ccc2cc([C@H](C)C(=O)NC(C(=O)O)C3CC3)ccc2c1. The van der Waals surface area contributed by atoms with Gasteiger partial charge in [-0.3, -0.25) is 4.79 Å². The highest BCUT2D eigenvalue weighted by Gasteiger charge is 2.37. The summed E-state index contributed by atoms with van der Waals surface area (Å²) in [6.07, 6.45) is 1.73. The zero-order valence-electron chi connectivity index (χ0n) is 13.8. The normalized spacial score (nSPS) is 16.4. The molecule has 2 aromatic rings. The largest absolute Gasteiger partial charge is 0.497 e. The molecule has 1 amide bonds. The molecule has 0 spiro atoms. The van der Waals surface area contributed by atoms with Crippen molar-refractivity contribution in [3.8, 4) is 5.75 Å². The van der Waals surface area contributed by atoms with Gasteiger partial charge in [-0.1, -0.05) is 24.3 Å². The van der Waals surface area contributed by atoms with Crippen LogP contribution in [0.1, 0.15) is 31.2 Å². The molecule has 1 fully saturated rings. The van der Waals surface area contributed by atoms with E-state index in [9.17, 15) is 14.7 Å². The van der Waals surface area contributed by atoms with Crippen molar-refractivity contribution in [2.24, 2.45) is 5.92 Å². The summed E-state index contributed by atoms with van der Waals surface area (Å²) in [5.41, 5.74) is 0.866. The molecule has 1 unspecified atom stereocenters. The standard InChI is InChI=1S/C19H21NO4/c1-11(18(21)20-17(19(22)23)12-3-4-12)13-5-6-15-10-16(24-2)8-7-14(15)9-13/h5-12,17H,3-4H2,1-2H3,(H,20,21)(H,22,23)/t11-,17?/m0/s1. The Morgan fingerprint density at radius 2 is 1.83 bits per heavy atom. The van der Waals surface area contributed by atoms with Gasteiger partial charge in [0, 0.05) is 0 Å². The maximum absolute atomic E-state index is 12.4. The van der Waals surface area contributed by atoms with Gasteiger partial charge in [0.25, 0.3) is 0 Å². The third-order valence-corrected chi connectivity index (χ3v) is 4.62. The number of amides is 1. The van der Waals surface area contributed by atoms with Gasteiger partial charge >= 0.3 is 5.97 Å². The molecule has 0 bridgehead atoms. The van der Waals surface area contributed by atoms with E-state index in [4.69, 9.17) is 4.74 Å². The van der Waals surface area contributed by atoms with E-state index in [1.54, 1.807) is 14.0 Å². The van der Waals surface area contributed by atoms with Crippen LogP contribution in [-0.4, -0.2) is 30.1 Å². The van der Waals surface area contributed by atoms with Crippen LogP contribution in [0.2, 0.25) is 0 Å². The zero-order chi connectivity index (χ0) is 17.3. The lowest BCUT2D eigenvalue weighted by molar-refractivity contribution is -0.142. The average molecular weight is 327 g/mol. The van der Waals surface area contributed by atoms with Crippen LogP contribution in [0.4, 0.5) is 0 Å². The quantitative estimate of drug-likeness (QED) is 0.855. The lowest BCUT2D eigenvalue weighted by Crippen LogP contribution is -2.44.